The summed E-state index contributed by atoms with van der Waals surface area (Å²) < 4.78 is 11.1. The van der Waals surface area contributed by atoms with E-state index in [1.54, 1.807) is 9.80 Å². The maximum Gasteiger partial charge on any atom is 0.252 e. The van der Waals surface area contributed by atoms with Crippen molar-refractivity contribution in [1.29, 1.82) is 0 Å². The zero-order valence-corrected chi connectivity index (χ0v) is 24.9. The molecule has 2 aromatic carbocycles. The molecule has 4 aliphatic heterocycles. The molecular weight excluding hydrogens is 560 g/mol. The number of rotatable bonds is 8. The summed E-state index contributed by atoms with van der Waals surface area (Å²) in [4.78, 5) is 55.0. The van der Waals surface area contributed by atoms with E-state index in [1.807, 2.05) is 60.7 Å². The number of likely N-dealkylation sites (tertiary alicyclic amines) is 2. The second-order valence-corrected chi connectivity index (χ2v) is 11.9. The van der Waals surface area contributed by atoms with Crippen LogP contribution < -0.4 is 10.6 Å². The number of carbonyl (C=O) groups excluding carboxylic acids is 4. The average Bonchev–Trinajstić information content (AvgIpc) is 3.88. The molecule has 2 N–H and O–H groups in total. The number of carbonyl (C=O) groups is 4. The largest absolute Gasteiger partial charge is 0.368 e. The molecule has 6 rings (SSSR count). The Balaban J connectivity index is 0.993. The van der Waals surface area contributed by atoms with E-state index in [0.717, 1.165) is 49.7 Å². The molecule has 0 bridgehead atoms. The topological polar surface area (TPSA) is 117 Å². The summed E-state index contributed by atoms with van der Waals surface area (Å²) in [6.45, 7) is 2.38. The van der Waals surface area contributed by atoms with Gasteiger partial charge in [-0.15, -0.1) is 0 Å². The number of ether oxygens (including phenoxy) is 2. The number of amides is 4. The first kappa shape index (κ1) is 30.0. The first-order valence-corrected chi connectivity index (χ1v) is 15.8. The van der Waals surface area contributed by atoms with Gasteiger partial charge in [-0.3, -0.25) is 19.2 Å². The highest BCUT2D eigenvalue weighted by atomic mass is 16.5. The molecule has 44 heavy (non-hydrogen) atoms. The van der Waals surface area contributed by atoms with Crippen LogP contribution in [0.25, 0.3) is 12.2 Å². The van der Waals surface area contributed by atoms with Gasteiger partial charge in [0.25, 0.3) is 11.8 Å². The molecule has 4 aliphatic rings. The number of anilines is 2. The van der Waals surface area contributed by atoms with Gasteiger partial charge in [0, 0.05) is 37.7 Å². The number of benzene rings is 2. The molecule has 4 saturated heterocycles. The third kappa shape index (κ3) is 6.87. The SMILES string of the molecule is O=C(Nc1ccc(C=Cc2ccc(NC(=O)[C@@H]3CCCN3C(=O)[C@H]3CCCO3)cc2)cc1)[C@@H]1CCCN1C(=O)[C@H]1CCCO1. The van der Waals surface area contributed by atoms with E-state index in [9.17, 15) is 19.2 Å². The van der Waals surface area contributed by atoms with Crippen molar-refractivity contribution in [2.24, 2.45) is 0 Å². The van der Waals surface area contributed by atoms with Crippen LogP contribution in [-0.4, -0.2) is 84.0 Å². The van der Waals surface area contributed by atoms with E-state index >= 15 is 0 Å². The van der Waals surface area contributed by atoms with Crippen LogP contribution >= 0.6 is 0 Å². The third-order valence-corrected chi connectivity index (χ3v) is 8.91. The second-order valence-electron chi connectivity index (χ2n) is 11.9. The van der Waals surface area contributed by atoms with Gasteiger partial charge in [0.15, 0.2) is 0 Å². The molecule has 2 aromatic rings. The minimum atomic E-state index is -0.467. The van der Waals surface area contributed by atoms with Crippen molar-refractivity contribution in [3.63, 3.8) is 0 Å². The summed E-state index contributed by atoms with van der Waals surface area (Å²) in [7, 11) is 0. The standard InChI is InChI=1S/C34H40N4O6/c39-31(27-5-1-19-37(27)33(41)29-7-3-21-43-29)35-25-15-11-23(12-16-25)9-10-24-13-17-26(18-14-24)36-32(40)28-6-2-20-38(28)34(42)30-8-4-22-44-30/h9-18,27-30H,1-8,19-22H2,(H,35,39)(H,36,40)/t27-,28-,29+,30+/m0/s1. The lowest BCUT2D eigenvalue weighted by Gasteiger charge is -2.26. The van der Waals surface area contributed by atoms with Gasteiger partial charge in [-0.05, 0) is 86.8 Å². The molecule has 0 radical (unpaired) electrons. The van der Waals surface area contributed by atoms with Gasteiger partial charge in [-0.2, -0.15) is 0 Å². The number of nitrogens with zero attached hydrogens (tertiary/aromatic N) is 2. The summed E-state index contributed by atoms with van der Waals surface area (Å²) >= 11 is 0. The number of hydrogen-bond acceptors (Lipinski definition) is 6. The summed E-state index contributed by atoms with van der Waals surface area (Å²) in [5, 5.41) is 5.93. The third-order valence-electron chi connectivity index (χ3n) is 8.91. The normalized spacial score (nSPS) is 25.1. The predicted molar refractivity (Wildman–Crippen MR) is 166 cm³/mol. The minimum Gasteiger partial charge on any atom is -0.368 e. The first-order chi connectivity index (χ1) is 21.5. The Hall–Kier alpha value is -4.02. The Kier molecular flexibility index (Phi) is 9.37. The van der Waals surface area contributed by atoms with E-state index in [0.29, 0.717) is 50.5 Å². The fraction of sp³-hybridized carbons (Fsp3) is 0.471. The van der Waals surface area contributed by atoms with Crippen LogP contribution in [-0.2, 0) is 28.7 Å². The van der Waals surface area contributed by atoms with Crippen LogP contribution in [0.2, 0.25) is 0 Å². The van der Waals surface area contributed by atoms with Crippen LogP contribution in [0.3, 0.4) is 0 Å². The molecule has 232 valence electrons. The van der Waals surface area contributed by atoms with Gasteiger partial charge in [-0.1, -0.05) is 36.4 Å². The molecule has 10 nitrogen and oxygen atoms in total. The van der Waals surface area contributed by atoms with Crippen molar-refractivity contribution in [3.05, 3.63) is 59.7 Å². The highest BCUT2D eigenvalue weighted by Gasteiger charge is 2.39. The Morgan fingerprint density at radius 2 is 1.00 bits per heavy atom. The molecular formula is C34H40N4O6. The number of hydrogen-bond donors (Lipinski definition) is 2. The monoisotopic (exact) mass is 600 g/mol. The van der Waals surface area contributed by atoms with Gasteiger partial charge in [0.2, 0.25) is 11.8 Å². The number of nitrogens with one attached hydrogen (secondary N) is 2. The van der Waals surface area contributed by atoms with E-state index in [-0.39, 0.29) is 23.6 Å². The molecule has 0 unspecified atom stereocenters. The molecule has 4 atom stereocenters. The molecule has 10 heteroatoms. The summed E-state index contributed by atoms with van der Waals surface area (Å²) in [5.74, 6) is -0.477. The lowest BCUT2D eigenvalue weighted by Crippen LogP contribution is -2.47. The smallest absolute Gasteiger partial charge is 0.252 e. The van der Waals surface area contributed by atoms with Crippen molar-refractivity contribution in [3.8, 4) is 0 Å². The summed E-state index contributed by atoms with van der Waals surface area (Å²) in [5.41, 5.74) is 3.30. The van der Waals surface area contributed by atoms with E-state index < -0.39 is 24.3 Å². The van der Waals surface area contributed by atoms with Gasteiger partial charge in [-0.25, -0.2) is 0 Å². The van der Waals surface area contributed by atoms with Crippen LogP contribution in [0.5, 0.6) is 0 Å². The van der Waals surface area contributed by atoms with Gasteiger partial charge in [0.1, 0.15) is 24.3 Å². The minimum absolute atomic E-state index is 0.0712. The molecule has 0 aromatic heterocycles. The van der Waals surface area contributed by atoms with E-state index in [2.05, 4.69) is 10.6 Å². The Bertz CT molecular complexity index is 1270. The van der Waals surface area contributed by atoms with Gasteiger partial charge < -0.3 is 29.9 Å². The van der Waals surface area contributed by atoms with Crippen molar-refractivity contribution in [2.75, 3.05) is 36.9 Å². The zero-order chi connectivity index (χ0) is 30.5. The second kappa shape index (κ2) is 13.7. The molecule has 4 amide bonds. The lowest BCUT2D eigenvalue weighted by molar-refractivity contribution is -0.144. The maximum atomic E-state index is 13.0. The fourth-order valence-electron chi connectivity index (χ4n) is 6.52. The van der Waals surface area contributed by atoms with Gasteiger partial charge in [0.05, 0.1) is 0 Å². The molecule has 0 aliphatic carbocycles. The van der Waals surface area contributed by atoms with Gasteiger partial charge >= 0.3 is 0 Å². The van der Waals surface area contributed by atoms with Crippen LogP contribution in [0, 0.1) is 0 Å². The summed E-state index contributed by atoms with van der Waals surface area (Å²) in [6, 6.07) is 14.2. The van der Waals surface area contributed by atoms with E-state index in [4.69, 9.17) is 9.47 Å². The highest BCUT2D eigenvalue weighted by Crippen LogP contribution is 2.26. The quantitative estimate of drug-likeness (QED) is 0.441. The first-order valence-electron chi connectivity index (χ1n) is 15.8. The molecule has 4 fully saturated rings. The van der Waals surface area contributed by atoms with Crippen LogP contribution in [0.15, 0.2) is 48.5 Å². The predicted octanol–water partition coefficient (Wildman–Crippen LogP) is 4.07. The molecule has 0 spiro atoms. The molecule has 4 heterocycles. The summed E-state index contributed by atoms with van der Waals surface area (Å²) in [6.07, 6.45) is 9.26. The van der Waals surface area contributed by atoms with Crippen LogP contribution in [0.4, 0.5) is 11.4 Å². The van der Waals surface area contributed by atoms with Crippen molar-refractivity contribution in [1.82, 2.24) is 9.80 Å². The Morgan fingerprint density at radius 3 is 1.36 bits per heavy atom. The van der Waals surface area contributed by atoms with E-state index in [1.165, 1.54) is 0 Å². The molecule has 0 saturated carbocycles. The lowest BCUT2D eigenvalue weighted by atomic mass is 10.1. The Labute approximate surface area is 257 Å². The van der Waals surface area contributed by atoms with Crippen molar-refractivity contribution >= 4 is 47.2 Å². The van der Waals surface area contributed by atoms with Crippen molar-refractivity contribution in [2.45, 2.75) is 75.7 Å². The zero-order valence-electron chi connectivity index (χ0n) is 24.9. The van der Waals surface area contributed by atoms with Crippen LogP contribution in [0.1, 0.15) is 62.5 Å². The van der Waals surface area contributed by atoms with Crippen molar-refractivity contribution < 1.29 is 28.7 Å². The fourth-order valence-corrected chi connectivity index (χ4v) is 6.52. The average molecular weight is 601 g/mol. The highest BCUT2D eigenvalue weighted by molar-refractivity contribution is 5.99. The maximum absolute atomic E-state index is 13.0. The Morgan fingerprint density at radius 1 is 0.591 bits per heavy atom.